The molecule has 0 aliphatic carbocycles. The third-order valence-electron chi connectivity index (χ3n) is 2.26. The molecule has 2 N–H and O–H groups in total. The second kappa shape index (κ2) is 4.45. The molecule has 0 aromatic carbocycles. The largest absolute Gasteiger partial charge is 0.314 e. The summed E-state index contributed by atoms with van der Waals surface area (Å²) in [5.74, 6) is 0. The lowest BCUT2D eigenvalue weighted by molar-refractivity contribution is 0.429. The fourth-order valence-corrected chi connectivity index (χ4v) is 2.05. The molecule has 14 heavy (non-hydrogen) atoms. The predicted octanol–water partition coefficient (Wildman–Crippen LogP) is 1.62. The Morgan fingerprint density at radius 3 is 2.86 bits per heavy atom. The van der Waals surface area contributed by atoms with Crippen molar-refractivity contribution in [2.45, 2.75) is 6.04 Å². The van der Waals surface area contributed by atoms with E-state index in [1.165, 1.54) is 0 Å². The number of aromatic nitrogens is 1. The van der Waals surface area contributed by atoms with Crippen LogP contribution in [-0.4, -0.2) is 24.6 Å². The first-order valence-electron chi connectivity index (χ1n) is 4.52. The van der Waals surface area contributed by atoms with Crippen molar-refractivity contribution in [3.8, 4) is 0 Å². The maximum Gasteiger partial charge on any atom is 0.130 e. The lowest BCUT2D eigenvalue weighted by Gasteiger charge is -2.25. The molecule has 3 nitrogen and oxygen atoms in total. The molecule has 0 bridgehead atoms. The van der Waals surface area contributed by atoms with E-state index in [1.54, 1.807) is 12.3 Å². The number of halogens is 2. The molecule has 1 fully saturated rings. The summed E-state index contributed by atoms with van der Waals surface area (Å²) in [6.07, 6.45) is 1.73. The van der Waals surface area contributed by atoms with E-state index in [0.717, 1.165) is 25.2 Å². The van der Waals surface area contributed by atoms with Gasteiger partial charge in [-0.05, 0) is 6.07 Å². The third kappa shape index (κ3) is 2.17. The van der Waals surface area contributed by atoms with Crippen LogP contribution in [0.1, 0.15) is 11.6 Å². The summed E-state index contributed by atoms with van der Waals surface area (Å²) in [6, 6.07) is 1.91. The maximum absolute atomic E-state index is 6.07. The monoisotopic (exact) mass is 231 g/mol. The Bertz CT molecular complexity index is 324. The molecule has 76 valence electrons. The molecule has 1 aliphatic heterocycles. The Morgan fingerprint density at radius 2 is 2.21 bits per heavy atom. The number of hydrogen-bond donors (Lipinski definition) is 2. The quantitative estimate of drug-likeness (QED) is 0.722. The van der Waals surface area contributed by atoms with Gasteiger partial charge in [0.1, 0.15) is 5.15 Å². The van der Waals surface area contributed by atoms with E-state index in [0.29, 0.717) is 10.2 Å². The zero-order valence-electron chi connectivity index (χ0n) is 7.56. The van der Waals surface area contributed by atoms with Crippen LogP contribution in [0, 0.1) is 0 Å². The highest BCUT2D eigenvalue weighted by Crippen LogP contribution is 2.24. The molecule has 2 rings (SSSR count). The fourth-order valence-electron chi connectivity index (χ4n) is 1.55. The molecule has 0 saturated carbocycles. The van der Waals surface area contributed by atoms with E-state index < -0.39 is 0 Å². The molecule has 0 amide bonds. The molecule has 1 atom stereocenters. The minimum atomic E-state index is 0.237. The van der Waals surface area contributed by atoms with Gasteiger partial charge in [-0.1, -0.05) is 23.2 Å². The van der Waals surface area contributed by atoms with Crippen molar-refractivity contribution < 1.29 is 0 Å². The van der Waals surface area contributed by atoms with E-state index in [4.69, 9.17) is 23.2 Å². The van der Waals surface area contributed by atoms with Gasteiger partial charge in [0, 0.05) is 42.5 Å². The molecular weight excluding hydrogens is 221 g/mol. The zero-order chi connectivity index (χ0) is 9.97. The number of hydrogen-bond acceptors (Lipinski definition) is 3. The maximum atomic E-state index is 6.07. The van der Waals surface area contributed by atoms with Gasteiger partial charge in [-0.15, -0.1) is 0 Å². The minimum absolute atomic E-state index is 0.237. The summed E-state index contributed by atoms with van der Waals surface area (Å²) >= 11 is 11.8. The van der Waals surface area contributed by atoms with Crippen molar-refractivity contribution in [2.24, 2.45) is 0 Å². The Kier molecular flexibility index (Phi) is 3.23. The van der Waals surface area contributed by atoms with E-state index in [9.17, 15) is 0 Å². The van der Waals surface area contributed by atoms with Crippen molar-refractivity contribution in [3.05, 3.63) is 28.0 Å². The predicted molar refractivity (Wildman–Crippen MR) is 57.9 cm³/mol. The Morgan fingerprint density at radius 1 is 1.36 bits per heavy atom. The summed E-state index contributed by atoms with van der Waals surface area (Å²) in [5.41, 5.74) is 1.00. The molecule has 1 aromatic rings. The highest BCUT2D eigenvalue weighted by molar-refractivity contribution is 6.34. The summed E-state index contributed by atoms with van der Waals surface area (Å²) in [7, 11) is 0. The second-order valence-corrected chi connectivity index (χ2v) is 4.03. The standard InChI is InChI=1S/C9H11Cl2N3/c10-7-3-9(11)14-4-6(7)8-5-12-1-2-13-8/h3-4,8,12-13H,1-2,5H2/t8-/m0/s1. The fraction of sp³-hybridized carbons (Fsp3) is 0.444. The van der Waals surface area contributed by atoms with Gasteiger partial charge in [0.25, 0.3) is 0 Å². The molecule has 1 aromatic heterocycles. The van der Waals surface area contributed by atoms with Gasteiger partial charge in [0.2, 0.25) is 0 Å². The third-order valence-corrected chi connectivity index (χ3v) is 2.80. The van der Waals surface area contributed by atoms with Crippen LogP contribution < -0.4 is 10.6 Å². The van der Waals surface area contributed by atoms with Crippen LogP contribution in [-0.2, 0) is 0 Å². The molecule has 1 aliphatic rings. The lowest BCUT2D eigenvalue weighted by atomic mass is 10.1. The summed E-state index contributed by atoms with van der Waals surface area (Å²) < 4.78 is 0. The highest BCUT2D eigenvalue weighted by Gasteiger charge is 2.17. The van der Waals surface area contributed by atoms with Crippen LogP contribution in [0.15, 0.2) is 12.3 Å². The summed E-state index contributed by atoms with van der Waals surface area (Å²) in [6.45, 7) is 2.82. The van der Waals surface area contributed by atoms with E-state index in [1.807, 2.05) is 0 Å². The second-order valence-electron chi connectivity index (χ2n) is 3.24. The van der Waals surface area contributed by atoms with Crippen LogP contribution in [0.4, 0.5) is 0 Å². The first kappa shape index (κ1) is 10.2. The molecule has 2 heterocycles. The van der Waals surface area contributed by atoms with Gasteiger partial charge in [-0.3, -0.25) is 0 Å². The minimum Gasteiger partial charge on any atom is -0.314 e. The number of rotatable bonds is 1. The van der Waals surface area contributed by atoms with Crippen molar-refractivity contribution in [3.63, 3.8) is 0 Å². The van der Waals surface area contributed by atoms with Crippen molar-refractivity contribution >= 4 is 23.2 Å². The average Bonchev–Trinajstić information content (AvgIpc) is 2.19. The Hall–Kier alpha value is -0.350. The average molecular weight is 232 g/mol. The van der Waals surface area contributed by atoms with Crippen LogP contribution in [0.5, 0.6) is 0 Å². The number of nitrogens with one attached hydrogen (secondary N) is 2. The first-order chi connectivity index (χ1) is 6.77. The number of nitrogens with zero attached hydrogens (tertiary/aromatic N) is 1. The van der Waals surface area contributed by atoms with Gasteiger partial charge in [0.05, 0.1) is 0 Å². The van der Waals surface area contributed by atoms with E-state index in [2.05, 4.69) is 15.6 Å². The van der Waals surface area contributed by atoms with Crippen LogP contribution in [0.3, 0.4) is 0 Å². The summed E-state index contributed by atoms with van der Waals surface area (Å²) in [5, 5.41) is 7.76. The molecule has 0 unspecified atom stereocenters. The normalized spacial score (nSPS) is 22.3. The smallest absolute Gasteiger partial charge is 0.130 e. The molecule has 0 spiro atoms. The van der Waals surface area contributed by atoms with E-state index in [-0.39, 0.29) is 6.04 Å². The lowest BCUT2D eigenvalue weighted by Crippen LogP contribution is -2.42. The Labute approximate surface area is 92.8 Å². The summed E-state index contributed by atoms with van der Waals surface area (Å²) in [4.78, 5) is 4.03. The molecular formula is C9H11Cl2N3. The number of pyridine rings is 1. The SMILES string of the molecule is Clc1cc(Cl)c([C@@H]2CNCCN2)cn1. The van der Waals surface area contributed by atoms with Crippen molar-refractivity contribution in [2.75, 3.05) is 19.6 Å². The van der Waals surface area contributed by atoms with Gasteiger partial charge in [-0.25, -0.2) is 4.98 Å². The van der Waals surface area contributed by atoms with Crippen molar-refractivity contribution in [1.82, 2.24) is 15.6 Å². The highest BCUT2D eigenvalue weighted by atomic mass is 35.5. The van der Waals surface area contributed by atoms with Crippen LogP contribution in [0.25, 0.3) is 0 Å². The van der Waals surface area contributed by atoms with Gasteiger partial charge < -0.3 is 10.6 Å². The van der Waals surface area contributed by atoms with Crippen LogP contribution >= 0.6 is 23.2 Å². The number of piperazine rings is 1. The van der Waals surface area contributed by atoms with Gasteiger partial charge in [0.15, 0.2) is 0 Å². The van der Waals surface area contributed by atoms with E-state index >= 15 is 0 Å². The van der Waals surface area contributed by atoms with Gasteiger partial charge >= 0.3 is 0 Å². The first-order valence-corrected chi connectivity index (χ1v) is 5.28. The van der Waals surface area contributed by atoms with Crippen molar-refractivity contribution in [1.29, 1.82) is 0 Å². The molecule has 0 radical (unpaired) electrons. The Balaban J connectivity index is 2.22. The molecule has 1 saturated heterocycles. The molecule has 5 heteroatoms. The topological polar surface area (TPSA) is 37.0 Å². The van der Waals surface area contributed by atoms with Gasteiger partial charge in [-0.2, -0.15) is 0 Å². The zero-order valence-corrected chi connectivity index (χ0v) is 9.07. The van der Waals surface area contributed by atoms with Crippen LogP contribution in [0.2, 0.25) is 10.2 Å².